The van der Waals surface area contributed by atoms with Crippen LogP contribution in [-0.4, -0.2) is 34.9 Å². The molecule has 2 heteroatoms. The molecule has 3 aromatic rings. The third-order valence-electron chi connectivity index (χ3n) is 2.40. The normalized spacial score (nSPS) is 11.6. The van der Waals surface area contributed by atoms with Crippen LogP contribution >= 0.6 is 0 Å². The van der Waals surface area contributed by atoms with Gasteiger partial charge in [0.2, 0.25) is 0 Å². The van der Waals surface area contributed by atoms with Crippen molar-refractivity contribution in [1.82, 2.24) is 0 Å². The van der Waals surface area contributed by atoms with E-state index in [1.54, 1.807) is 15.7 Å². The van der Waals surface area contributed by atoms with Gasteiger partial charge < -0.3 is 0 Å². The Labute approximate surface area is 98.9 Å². The van der Waals surface area contributed by atoms with Gasteiger partial charge in [-0.15, -0.1) is 0 Å². The minimum atomic E-state index is -0.00195. The molecule has 2 aromatic heterocycles. The average molecular weight is 361 g/mol. The number of aryl methyl sites for hydroxylation is 2. The maximum atomic E-state index is 2.44. The molecule has 0 fully saturated rings. The van der Waals surface area contributed by atoms with Gasteiger partial charge >= 0.3 is 99.5 Å². The van der Waals surface area contributed by atoms with Crippen molar-refractivity contribution >= 4 is 53.4 Å². The fraction of sp³-hybridized carbons (Fsp3) is 0.167. The summed E-state index contributed by atoms with van der Waals surface area (Å²) in [5, 5.41) is 3.03. The Kier molecular flexibility index (Phi) is 2.15. The van der Waals surface area contributed by atoms with Crippen molar-refractivity contribution in [2.75, 3.05) is 0 Å². The van der Waals surface area contributed by atoms with Gasteiger partial charge in [0.1, 0.15) is 0 Å². The predicted molar refractivity (Wildman–Crippen MR) is 64.8 cm³/mol. The van der Waals surface area contributed by atoms with Crippen LogP contribution in [0.5, 0.6) is 0 Å². The third kappa shape index (κ3) is 1.42. The topological polar surface area (TPSA) is 0 Å². The van der Waals surface area contributed by atoms with Gasteiger partial charge in [-0.3, -0.25) is 0 Å². The van der Waals surface area contributed by atoms with E-state index in [1.807, 2.05) is 0 Å². The molecule has 0 amide bonds. The van der Waals surface area contributed by atoms with E-state index in [9.17, 15) is 0 Å². The van der Waals surface area contributed by atoms with Gasteiger partial charge in [-0.05, 0) is 0 Å². The van der Waals surface area contributed by atoms with Crippen molar-refractivity contribution in [3.63, 3.8) is 0 Å². The molecule has 3 rings (SSSR count). The molecule has 2 heterocycles. The fourth-order valence-corrected chi connectivity index (χ4v) is 6.56. The quantitative estimate of drug-likeness (QED) is 0.541. The summed E-state index contributed by atoms with van der Waals surface area (Å²) in [6, 6.07) is 9.63. The van der Waals surface area contributed by atoms with E-state index in [0.717, 1.165) is 0 Å². The van der Waals surface area contributed by atoms with Crippen LogP contribution in [0.15, 0.2) is 24.3 Å². The van der Waals surface area contributed by atoms with E-state index in [-0.39, 0.29) is 20.4 Å². The first-order chi connectivity index (χ1) is 6.72. The molecule has 14 heavy (non-hydrogen) atoms. The average Bonchev–Trinajstić information content (AvgIpc) is 2.59. The summed E-state index contributed by atoms with van der Waals surface area (Å²) >= 11 is 0.604. The summed E-state index contributed by atoms with van der Waals surface area (Å²) in [4.78, 5) is 0. The molecule has 0 aliphatic heterocycles. The zero-order chi connectivity index (χ0) is 9.71. The summed E-state index contributed by atoms with van der Waals surface area (Å²) in [5.41, 5.74) is 0. The zero-order valence-corrected chi connectivity index (χ0v) is 12.2. The van der Waals surface area contributed by atoms with Gasteiger partial charge in [-0.2, -0.15) is 0 Å². The van der Waals surface area contributed by atoms with Crippen LogP contribution in [0.25, 0.3) is 18.4 Å². The van der Waals surface area contributed by atoms with Crippen LogP contribution < -0.4 is 0 Å². The molecule has 0 saturated heterocycles. The standard InChI is InChI=1S/C12H10SeTe/c1-7-3-9-6-12-10(4-8(2)14-12)5-11(9)13-7/h3-6H,1-2H3. The van der Waals surface area contributed by atoms with E-state index in [1.165, 1.54) is 10.8 Å². The molecule has 0 aliphatic carbocycles. The first-order valence-corrected chi connectivity index (χ1v) is 8.67. The second-order valence-corrected chi connectivity index (χ2v) is 10.0. The molecular formula is C12H10SeTe. The molecule has 0 radical (unpaired) electrons. The van der Waals surface area contributed by atoms with Gasteiger partial charge in [0.15, 0.2) is 0 Å². The molecule has 0 N–H and O–H groups in total. The molecular weight excluding hydrogens is 351 g/mol. The van der Waals surface area contributed by atoms with Gasteiger partial charge in [0.05, 0.1) is 0 Å². The number of hydrogen-bond acceptors (Lipinski definition) is 0. The van der Waals surface area contributed by atoms with Crippen molar-refractivity contribution in [3.8, 4) is 0 Å². The van der Waals surface area contributed by atoms with Crippen molar-refractivity contribution < 1.29 is 0 Å². The van der Waals surface area contributed by atoms with Crippen molar-refractivity contribution in [2.45, 2.75) is 13.8 Å². The number of hydrogen-bond donors (Lipinski definition) is 0. The molecule has 0 bridgehead atoms. The summed E-state index contributed by atoms with van der Waals surface area (Å²) in [6.45, 7) is 4.53. The third-order valence-corrected chi connectivity index (χ3v) is 7.42. The molecule has 0 nitrogen and oxygen atoms in total. The minimum absolute atomic E-state index is 0.00195. The van der Waals surface area contributed by atoms with Gasteiger partial charge in [0.25, 0.3) is 0 Å². The Morgan fingerprint density at radius 3 is 2.71 bits per heavy atom. The zero-order valence-electron chi connectivity index (χ0n) is 8.13. The summed E-state index contributed by atoms with van der Waals surface area (Å²) in [7, 11) is 0. The first kappa shape index (κ1) is 9.25. The van der Waals surface area contributed by atoms with Crippen molar-refractivity contribution in [1.29, 1.82) is 0 Å². The number of rotatable bonds is 0. The Hall–Kier alpha value is 0.00909. The summed E-state index contributed by atoms with van der Waals surface area (Å²) in [6.07, 6.45) is 0. The summed E-state index contributed by atoms with van der Waals surface area (Å²) in [5.74, 6) is 0. The Balaban J connectivity index is 2.49. The maximum absolute atomic E-state index is 2.44. The summed E-state index contributed by atoms with van der Waals surface area (Å²) < 4.78 is 6.43. The van der Waals surface area contributed by atoms with E-state index in [0.29, 0.717) is 14.5 Å². The Morgan fingerprint density at radius 1 is 1.00 bits per heavy atom. The van der Waals surface area contributed by atoms with Crippen LogP contribution in [0.3, 0.4) is 0 Å². The number of benzene rings is 1. The monoisotopic (exact) mass is 364 g/mol. The van der Waals surface area contributed by atoms with Crippen LogP contribution in [-0.2, 0) is 0 Å². The van der Waals surface area contributed by atoms with E-state index < -0.39 is 0 Å². The SMILES string of the molecule is Cc1cc2cc3[te]c(C)cc3cc2[se]1. The number of fused-ring (bicyclic) bond motifs is 2. The van der Waals surface area contributed by atoms with Crippen LogP contribution in [0.2, 0.25) is 0 Å². The predicted octanol–water partition coefficient (Wildman–Crippen LogP) is 2.72. The second-order valence-electron chi connectivity index (χ2n) is 3.64. The molecule has 0 atom stereocenters. The molecule has 70 valence electrons. The van der Waals surface area contributed by atoms with E-state index in [4.69, 9.17) is 0 Å². The second kappa shape index (κ2) is 3.25. The fourth-order valence-electron chi connectivity index (χ4n) is 1.84. The molecule has 0 spiro atoms. The Morgan fingerprint density at radius 2 is 1.86 bits per heavy atom. The molecule has 0 unspecified atom stereocenters. The van der Waals surface area contributed by atoms with Crippen LogP contribution in [0.1, 0.15) is 8.02 Å². The molecule has 0 saturated carbocycles. The molecule has 0 aliphatic rings. The van der Waals surface area contributed by atoms with Gasteiger partial charge in [-0.1, -0.05) is 0 Å². The van der Waals surface area contributed by atoms with E-state index >= 15 is 0 Å². The van der Waals surface area contributed by atoms with Crippen molar-refractivity contribution in [2.24, 2.45) is 0 Å². The van der Waals surface area contributed by atoms with Crippen molar-refractivity contribution in [3.05, 3.63) is 32.3 Å². The Bertz CT molecular complexity index is 513. The first-order valence-electron chi connectivity index (χ1n) is 4.63. The van der Waals surface area contributed by atoms with E-state index in [2.05, 4.69) is 38.1 Å². The van der Waals surface area contributed by atoms with Crippen LogP contribution in [0.4, 0.5) is 0 Å². The van der Waals surface area contributed by atoms with Gasteiger partial charge in [0, 0.05) is 0 Å². The van der Waals surface area contributed by atoms with Crippen LogP contribution in [0, 0.1) is 13.8 Å². The molecule has 1 aromatic carbocycles. The van der Waals surface area contributed by atoms with Gasteiger partial charge in [-0.25, -0.2) is 0 Å².